The van der Waals surface area contributed by atoms with Crippen LogP contribution in [0.4, 0.5) is 0 Å². The van der Waals surface area contributed by atoms with E-state index in [4.69, 9.17) is 11.6 Å². The topological polar surface area (TPSA) is 29.1 Å². The molecule has 0 saturated carbocycles. The molecule has 0 aliphatic heterocycles. The monoisotopic (exact) mass is 267 g/mol. The van der Waals surface area contributed by atoms with Crippen molar-refractivity contribution in [1.29, 1.82) is 0 Å². The van der Waals surface area contributed by atoms with E-state index >= 15 is 0 Å². The van der Waals surface area contributed by atoms with Gasteiger partial charge in [0.25, 0.3) is 0 Å². The van der Waals surface area contributed by atoms with Gasteiger partial charge in [-0.3, -0.25) is 4.79 Å². The maximum absolute atomic E-state index is 11.2. The van der Waals surface area contributed by atoms with Crippen molar-refractivity contribution in [2.45, 2.75) is 39.0 Å². The summed E-state index contributed by atoms with van der Waals surface area (Å²) < 4.78 is 0. The zero-order chi connectivity index (χ0) is 13.6. The van der Waals surface area contributed by atoms with Gasteiger partial charge in [-0.05, 0) is 23.0 Å². The predicted molar refractivity (Wildman–Crippen MR) is 77.2 cm³/mol. The summed E-state index contributed by atoms with van der Waals surface area (Å²) in [6.07, 6.45) is 1.25. The lowest BCUT2D eigenvalue weighted by atomic mass is 9.86. The molecule has 1 N–H and O–H groups in total. The van der Waals surface area contributed by atoms with Gasteiger partial charge < -0.3 is 5.32 Å². The van der Waals surface area contributed by atoms with Crippen molar-refractivity contribution in [2.75, 3.05) is 12.4 Å². The van der Waals surface area contributed by atoms with E-state index in [2.05, 4.69) is 50.4 Å². The van der Waals surface area contributed by atoms with Gasteiger partial charge in [0.15, 0.2) is 0 Å². The van der Waals surface area contributed by atoms with E-state index in [1.54, 1.807) is 0 Å². The molecule has 100 valence electrons. The van der Waals surface area contributed by atoms with Crippen molar-refractivity contribution in [3.05, 3.63) is 35.4 Å². The average molecular weight is 268 g/mol. The molecule has 0 spiro atoms. The summed E-state index contributed by atoms with van der Waals surface area (Å²) in [6, 6.07) is 8.59. The van der Waals surface area contributed by atoms with E-state index in [0.717, 1.165) is 6.42 Å². The third-order valence-corrected chi connectivity index (χ3v) is 3.07. The molecule has 0 aliphatic carbocycles. The Kier molecular flexibility index (Phi) is 5.67. The maximum atomic E-state index is 11.2. The van der Waals surface area contributed by atoms with Crippen LogP contribution >= 0.6 is 11.6 Å². The van der Waals surface area contributed by atoms with Crippen molar-refractivity contribution < 1.29 is 4.79 Å². The molecular formula is C15H22ClNO. The number of alkyl halides is 1. The molecule has 0 radical (unpaired) electrons. The summed E-state index contributed by atoms with van der Waals surface area (Å²) in [5.74, 6) is 0.405. The first-order chi connectivity index (χ1) is 8.43. The summed E-state index contributed by atoms with van der Waals surface area (Å²) >= 11 is 5.49. The van der Waals surface area contributed by atoms with Crippen LogP contribution in [0.25, 0.3) is 0 Å². The molecule has 0 atom stereocenters. The third-order valence-electron chi connectivity index (χ3n) is 2.88. The van der Waals surface area contributed by atoms with Gasteiger partial charge in [0, 0.05) is 18.8 Å². The van der Waals surface area contributed by atoms with Gasteiger partial charge in [-0.1, -0.05) is 45.0 Å². The van der Waals surface area contributed by atoms with Gasteiger partial charge in [0.1, 0.15) is 0 Å². The van der Waals surface area contributed by atoms with Crippen LogP contribution in [0.2, 0.25) is 0 Å². The van der Waals surface area contributed by atoms with Crippen LogP contribution in [0.15, 0.2) is 24.3 Å². The molecule has 1 amide bonds. The van der Waals surface area contributed by atoms with Crippen LogP contribution in [0, 0.1) is 0 Å². The molecule has 2 nitrogen and oxygen atoms in total. The van der Waals surface area contributed by atoms with Gasteiger partial charge in [0.2, 0.25) is 5.91 Å². The van der Waals surface area contributed by atoms with Crippen LogP contribution in [0.3, 0.4) is 0 Å². The Labute approximate surface area is 115 Å². The van der Waals surface area contributed by atoms with Gasteiger partial charge in [-0.15, -0.1) is 11.6 Å². The molecule has 0 fully saturated rings. The number of rotatable bonds is 5. The van der Waals surface area contributed by atoms with Crippen LogP contribution in [0.1, 0.15) is 38.3 Å². The second-order valence-electron chi connectivity index (χ2n) is 5.49. The molecule has 1 aromatic carbocycles. The Balaban J connectivity index is 2.42. The molecule has 1 aromatic rings. The van der Waals surface area contributed by atoms with Crippen molar-refractivity contribution in [1.82, 2.24) is 5.32 Å². The number of halogens is 1. The molecule has 0 saturated heterocycles. The number of carbonyl (C=O) groups excluding carboxylic acids is 1. The number of benzene rings is 1. The zero-order valence-electron chi connectivity index (χ0n) is 11.4. The highest BCUT2D eigenvalue weighted by Crippen LogP contribution is 2.22. The van der Waals surface area contributed by atoms with Crippen molar-refractivity contribution >= 4 is 17.5 Å². The van der Waals surface area contributed by atoms with E-state index in [1.165, 1.54) is 11.1 Å². The van der Waals surface area contributed by atoms with Crippen LogP contribution < -0.4 is 5.32 Å². The van der Waals surface area contributed by atoms with Gasteiger partial charge >= 0.3 is 0 Å². The molecule has 0 aliphatic rings. The maximum Gasteiger partial charge on any atom is 0.221 e. The lowest BCUT2D eigenvalue weighted by Crippen LogP contribution is -2.25. The Morgan fingerprint density at radius 1 is 1.22 bits per heavy atom. The standard InChI is InChI=1S/C15H22ClNO/c1-15(2,3)13-6-4-12(5-7-13)9-11-17-14(18)8-10-16/h4-7H,8-11H2,1-3H3,(H,17,18). The summed E-state index contributed by atoms with van der Waals surface area (Å²) in [7, 11) is 0. The summed E-state index contributed by atoms with van der Waals surface area (Å²) in [4.78, 5) is 11.2. The van der Waals surface area contributed by atoms with E-state index in [9.17, 15) is 4.79 Å². The number of amides is 1. The van der Waals surface area contributed by atoms with Crippen LogP contribution in [0.5, 0.6) is 0 Å². The number of nitrogens with one attached hydrogen (secondary N) is 1. The van der Waals surface area contributed by atoms with E-state index in [-0.39, 0.29) is 11.3 Å². The third kappa shape index (κ3) is 5.09. The fourth-order valence-corrected chi connectivity index (χ4v) is 1.86. The lowest BCUT2D eigenvalue weighted by molar-refractivity contribution is -0.120. The zero-order valence-corrected chi connectivity index (χ0v) is 12.2. The minimum atomic E-state index is 0.0244. The first-order valence-electron chi connectivity index (χ1n) is 6.35. The van der Waals surface area contributed by atoms with Gasteiger partial charge in [-0.2, -0.15) is 0 Å². The Hall–Kier alpha value is -1.02. The minimum Gasteiger partial charge on any atom is -0.356 e. The molecule has 18 heavy (non-hydrogen) atoms. The Morgan fingerprint density at radius 2 is 1.83 bits per heavy atom. The lowest BCUT2D eigenvalue weighted by Gasteiger charge is -2.19. The number of hydrogen-bond acceptors (Lipinski definition) is 1. The normalized spacial score (nSPS) is 11.3. The second kappa shape index (κ2) is 6.79. The van der Waals surface area contributed by atoms with Crippen molar-refractivity contribution in [3.63, 3.8) is 0 Å². The SMILES string of the molecule is CC(C)(C)c1ccc(CCNC(=O)CCCl)cc1. The second-order valence-corrected chi connectivity index (χ2v) is 5.86. The van der Waals surface area contributed by atoms with E-state index < -0.39 is 0 Å². The molecule has 0 aromatic heterocycles. The Bertz CT molecular complexity index is 378. The summed E-state index contributed by atoms with van der Waals surface area (Å²) in [6.45, 7) is 7.28. The molecular weight excluding hydrogens is 246 g/mol. The smallest absolute Gasteiger partial charge is 0.221 e. The molecule has 0 heterocycles. The average Bonchev–Trinajstić information content (AvgIpc) is 2.29. The minimum absolute atomic E-state index is 0.0244. The highest BCUT2D eigenvalue weighted by atomic mass is 35.5. The Morgan fingerprint density at radius 3 is 2.33 bits per heavy atom. The van der Waals surface area contributed by atoms with Crippen LogP contribution in [-0.2, 0) is 16.6 Å². The largest absolute Gasteiger partial charge is 0.356 e. The first kappa shape index (κ1) is 15.0. The van der Waals surface area contributed by atoms with Crippen LogP contribution in [-0.4, -0.2) is 18.3 Å². The molecule has 1 rings (SSSR count). The quantitative estimate of drug-likeness (QED) is 0.815. The van der Waals surface area contributed by atoms with Gasteiger partial charge in [-0.25, -0.2) is 0 Å². The summed E-state index contributed by atoms with van der Waals surface area (Å²) in [5, 5.41) is 2.85. The molecule has 0 bridgehead atoms. The molecule has 0 unspecified atom stereocenters. The van der Waals surface area contributed by atoms with Crippen molar-refractivity contribution in [2.24, 2.45) is 0 Å². The van der Waals surface area contributed by atoms with E-state index in [0.29, 0.717) is 18.8 Å². The first-order valence-corrected chi connectivity index (χ1v) is 6.89. The molecule has 3 heteroatoms. The highest BCUT2D eigenvalue weighted by Gasteiger charge is 2.12. The fourth-order valence-electron chi connectivity index (χ4n) is 1.69. The number of hydrogen-bond donors (Lipinski definition) is 1. The van der Waals surface area contributed by atoms with Gasteiger partial charge in [0.05, 0.1) is 0 Å². The highest BCUT2D eigenvalue weighted by molar-refractivity contribution is 6.18. The van der Waals surface area contributed by atoms with E-state index in [1.807, 2.05) is 0 Å². The number of carbonyl (C=O) groups is 1. The van der Waals surface area contributed by atoms with Crippen molar-refractivity contribution in [3.8, 4) is 0 Å². The predicted octanol–water partition coefficient (Wildman–Crippen LogP) is 3.27. The summed E-state index contributed by atoms with van der Waals surface area (Å²) in [5.41, 5.74) is 2.76. The fraction of sp³-hybridized carbons (Fsp3) is 0.533.